The summed E-state index contributed by atoms with van der Waals surface area (Å²) < 4.78 is 6.60. The summed E-state index contributed by atoms with van der Waals surface area (Å²) in [5.74, 6) is 0. The van der Waals surface area contributed by atoms with Crippen LogP contribution in [0.3, 0.4) is 0 Å². The third-order valence-electron chi connectivity index (χ3n) is 4.45. The molecule has 0 aromatic heterocycles. The normalized spacial score (nSPS) is 11.4. The first kappa shape index (κ1) is 19.3. The maximum atomic E-state index is 10.5. The first-order valence-electron chi connectivity index (χ1n) is 9.06. The molecule has 0 spiro atoms. The molecule has 2 aromatic rings. The second kappa shape index (κ2) is 10.1. The third kappa shape index (κ3) is 5.51. The van der Waals surface area contributed by atoms with Crippen LogP contribution in [-0.4, -0.2) is 26.4 Å². The van der Waals surface area contributed by atoms with Gasteiger partial charge >= 0.3 is 0 Å². The van der Waals surface area contributed by atoms with E-state index in [0.717, 1.165) is 25.3 Å². The van der Waals surface area contributed by atoms with Crippen LogP contribution in [0.1, 0.15) is 32.6 Å². The Morgan fingerprint density at radius 3 is 1.96 bits per heavy atom. The van der Waals surface area contributed by atoms with Crippen LogP contribution in [0.5, 0.6) is 0 Å². The Kier molecular flexibility index (Phi) is 7.82. The van der Waals surface area contributed by atoms with Gasteiger partial charge in [-0.1, -0.05) is 80.4 Å². The molecule has 5 heteroatoms. The summed E-state index contributed by atoms with van der Waals surface area (Å²) >= 11 is 0. The van der Waals surface area contributed by atoms with Crippen molar-refractivity contribution in [2.75, 3.05) is 13.2 Å². The Balaban J connectivity index is 2.26. The summed E-state index contributed by atoms with van der Waals surface area (Å²) in [7, 11) is -2.32. The smallest absolute Gasteiger partial charge is 0.255 e. The maximum Gasteiger partial charge on any atom is 0.255 e. The van der Waals surface area contributed by atoms with Crippen molar-refractivity contribution >= 4 is 18.7 Å². The van der Waals surface area contributed by atoms with Crippen molar-refractivity contribution in [1.82, 2.24) is 0 Å². The number of nitro groups is 1. The summed E-state index contributed by atoms with van der Waals surface area (Å²) in [5, 5.41) is 13.1. The fourth-order valence-corrected chi connectivity index (χ4v) is 7.32. The molecule has 0 atom stereocenters. The predicted octanol–water partition coefficient (Wildman–Crippen LogP) is 3.62. The zero-order valence-corrected chi connectivity index (χ0v) is 15.9. The van der Waals surface area contributed by atoms with Crippen molar-refractivity contribution in [2.45, 2.75) is 38.7 Å². The Morgan fingerprint density at radius 1 is 0.920 bits per heavy atom. The lowest BCUT2D eigenvalue weighted by atomic mass is 10.3. The van der Waals surface area contributed by atoms with E-state index in [9.17, 15) is 10.1 Å². The van der Waals surface area contributed by atoms with Crippen LogP contribution in [-0.2, 0) is 4.43 Å². The average Bonchev–Trinajstić information content (AvgIpc) is 2.65. The zero-order valence-electron chi connectivity index (χ0n) is 14.9. The predicted molar refractivity (Wildman–Crippen MR) is 105 cm³/mol. The molecule has 2 aromatic carbocycles. The van der Waals surface area contributed by atoms with Crippen LogP contribution < -0.4 is 10.4 Å². The topological polar surface area (TPSA) is 52.4 Å². The lowest BCUT2D eigenvalue weighted by molar-refractivity contribution is -0.480. The summed E-state index contributed by atoms with van der Waals surface area (Å²) in [4.78, 5) is 10.3. The third-order valence-corrected chi connectivity index (χ3v) is 8.73. The standard InChI is InChI=1S/C20H27NO3Si/c1-2-3-18-25(19-12-6-4-7-13-19,20-14-8-5-9-15-20)24-17-11-10-16-21(22)23/h4-9,12-15H,2-3,10-11,16-18H2,1H3. The Morgan fingerprint density at radius 2 is 1.48 bits per heavy atom. The van der Waals surface area contributed by atoms with E-state index in [-0.39, 0.29) is 11.5 Å². The molecular formula is C20H27NO3Si. The Bertz CT molecular complexity index is 594. The van der Waals surface area contributed by atoms with Gasteiger partial charge in [0.25, 0.3) is 8.32 Å². The first-order valence-corrected chi connectivity index (χ1v) is 11.2. The molecule has 0 bridgehead atoms. The second-order valence-electron chi connectivity index (χ2n) is 6.27. The summed E-state index contributed by atoms with van der Waals surface area (Å²) in [5.41, 5.74) is 0. The fourth-order valence-electron chi connectivity index (χ4n) is 3.12. The highest BCUT2D eigenvalue weighted by Gasteiger charge is 2.38. The van der Waals surface area contributed by atoms with E-state index in [0.29, 0.717) is 13.0 Å². The van der Waals surface area contributed by atoms with Gasteiger partial charge in [0, 0.05) is 18.0 Å². The van der Waals surface area contributed by atoms with E-state index >= 15 is 0 Å². The molecule has 0 unspecified atom stereocenters. The van der Waals surface area contributed by atoms with E-state index in [1.165, 1.54) is 10.4 Å². The van der Waals surface area contributed by atoms with E-state index < -0.39 is 8.32 Å². The van der Waals surface area contributed by atoms with Crippen LogP contribution in [0.25, 0.3) is 0 Å². The van der Waals surface area contributed by atoms with Gasteiger partial charge in [-0.15, -0.1) is 0 Å². The molecule has 0 aliphatic heterocycles. The highest BCUT2D eigenvalue weighted by Crippen LogP contribution is 2.18. The zero-order chi connectivity index (χ0) is 18.0. The second-order valence-corrected chi connectivity index (χ2v) is 9.87. The quantitative estimate of drug-likeness (QED) is 0.267. The number of hydrogen-bond acceptors (Lipinski definition) is 3. The van der Waals surface area contributed by atoms with Gasteiger partial charge in [0.05, 0.1) is 0 Å². The summed E-state index contributed by atoms with van der Waals surface area (Å²) in [6.45, 7) is 2.79. The van der Waals surface area contributed by atoms with Gasteiger partial charge in [-0.3, -0.25) is 10.1 Å². The number of nitrogens with zero attached hydrogens (tertiary/aromatic N) is 1. The first-order chi connectivity index (χ1) is 12.2. The summed E-state index contributed by atoms with van der Waals surface area (Å²) in [6, 6.07) is 22.1. The molecule has 0 fully saturated rings. The van der Waals surface area contributed by atoms with Crippen molar-refractivity contribution in [2.24, 2.45) is 0 Å². The molecule has 0 saturated heterocycles. The van der Waals surface area contributed by atoms with Crippen LogP contribution in [0.2, 0.25) is 6.04 Å². The van der Waals surface area contributed by atoms with Crippen LogP contribution in [0.15, 0.2) is 60.7 Å². The highest BCUT2D eigenvalue weighted by atomic mass is 28.4. The van der Waals surface area contributed by atoms with Gasteiger partial charge < -0.3 is 4.43 Å². The average molecular weight is 358 g/mol. The van der Waals surface area contributed by atoms with E-state index in [4.69, 9.17) is 4.43 Å². The lowest BCUT2D eigenvalue weighted by Crippen LogP contribution is -2.60. The van der Waals surface area contributed by atoms with Crippen LogP contribution in [0, 0.1) is 10.1 Å². The minimum absolute atomic E-state index is 0.0174. The molecule has 0 aliphatic carbocycles. The van der Waals surface area contributed by atoms with Crippen LogP contribution >= 0.6 is 0 Å². The van der Waals surface area contributed by atoms with Gasteiger partial charge in [-0.2, -0.15) is 0 Å². The largest absolute Gasteiger partial charge is 0.408 e. The van der Waals surface area contributed by atoms with Crippen LogP contribution in [0.4, 0.5) is 0 Å². The Labute approximate surface area is 151 Å². The van der Waals surface area contributed by atoms with Gasteiger partial charge in [0.1, 0.15) is 0 Å². The number of rotatable bonds is 11. The molecule has 4 nitrogen and oxygen atoms in total. The van der Waals surface area contributed by atoms with Gasteiger partial charge in [-0.25, -0.2) is 0 Å². The molecular weight excluding hydrogens is 330 g/mol. The maximum absolute atomic E-state index is 10.5. The molecule has 0 aliphatic rings. The number of unbranched alkanes of at least 4 members (excludes halogenated alkanes) is 2. The molecule has 25 heavy (non-hydrogen) atoms. The molecule has 0 saturated carbocycles. The van der Waals surface area contributed by atoms with E-state index in [2.05, 4.69) is 55.5 Å². The molecule has 2 rings (SSSR count). The molecule has 0 radical (unpaired) electrons. The lowest BCUT2D eigenvalue weighted by Gasteiger charge is -2.32. The monoisotopic (exact) mass is 357 g/mol. The molecule has 0 N–H and O–H groups in total. The van der Waals surface area contributed by atoms with Crippen molar-refractivity contribution < 1.29 is 9.35 Å². The van der Waals surface area contributed by atoms with E-state index in [1.807, 2.05) is 12.1 Å². The number of benzene rings is 2. The van der Waals surface area contributed by atoms with Crippen molar-refractivity contribution in [3.8, 4) is 0 Å². The Hall–Kier alpha value is -1.98. The van der Waals surface area contributed by atoms with Crippen molar-refractivity contribution in [3.63, 3.8) is 0 Å². The van der Waals surface area contributed by atoms with Crippen molar-refractivity contribution in [1.29, 1.82) is 0 Å². The summed E-state index contributed by atoms with van der Waals surface area (Å²) in [6.07, 6.45) is 3.53. The minimum atomic E-state index is -2.32. The van der Waals surface area contributed by atoms with Gasteiger partial charge in [0.15, 0.2) is 0 Å². The number of hydrogen-bond donors (Lipinski definition) is 0. The minimum Gasteiger partial charge on any atom is -0.408 e. The van der Waals surface area contributed by atoms with Crippen molar-refractivity contribution in [3.05, 3.63) is 70.8 Å². The molecule has 134 valence electrons. The molecule has 0 amide bonds. The molecule has 0 heterocycles. The van der Waals surface area contributed by atoms with E-state index in [1.54, 1.807) is 0 Å². The fraction of sp³-hybridized carbons (Fsp3) is 0.400. The van der Waals surface area contributed by atoms with Gasteiger partial charge in [0.2, 0.25) is 6.54 Å². The highest BCUT2D eigenvalue weighted by molar-refractivity contribution is 6.97. The van der Waals surface area contributed by atoms with Gasteiger partial charge in [-0.05, 0) is 22.8 Å². The SMILES string of the molecule is CCCC[Si](OCCCC[N+](=O)[O-])(c1ccccc1)c1ccccc1.